The molecule has 1 aromatic heterocycles. The maximum Gasteiger partial charge on any atom is 0.191 e. The Bertz CT molecular complexity index is 976. The number of para-hydroxylation sites is 1. The van der Waals surface area contributed by atoms with Gasteiger partial charge in [-0.1, -0.05) is 30.3 Å². The number of aryl methyl sites for hydroxylation is 1. The summed E-state index contributed by atoms with van der Waals surface area (Å²) in [5.74, 6) is 1.57. The summed E-state index contributed by atoms with van der Waals surface area (Å²) in [5, 5.41) is 11.3. The molecule has 0 aliphatic rings. The van der Waals surface area contributed by atoms with Crippen molar-refractivity contribution in [1.82, 2.24) is 20.4 Å². The summed E-state index contributed by atoms with van der Waals surface area (Å²) in [7, 11) is 1.76. The van der Waals surface area contributed by atoms with Crippen LogP contribution in [0.25, 0.3) is 5.69 Å². The topological polar surface area (TPSA) is 72.7 Å². The highest BCUT2D eigenvalue weighted by atomic mass is 127. The molecule has 0 radical (unpaired) electrons. The molecule has 3 aromatic rings. The molecular formula is C24H32IN5O2. The van der Waals surface area contributed by atoms with Crippen LogP contribution in [0.2, 0.25) is 0 Å². The average Bonchev–Trinajstić information content (AvgIpc) is 3.27. The molecule has 0 unspecified atom stereocenters. The molecule has 0 spiro atoms. The highest BCUT2D eigenvalue weighted by Crippen LogP contribution is 2.20. The van der Waals surface area contributed by atoms with Gasteiger partial charge in [-0.3, -0.25) is 4.99 Å². The Kier molecular flexibility index (Phi) is 11.0. The smallest absolute Gasteiger partial charge is 0.191 e. The van der Waals surface area contributed by atoms with Crippen molar-refractivity contribution in [2.24, 2.45) is 4.99 Å². The number of halogens is 1. The number of hydrogen-bond acceptors (Lipinski definition) is 4. The van der Waals surface area contributed by atoms with E-state index < -0.39 is 0 Å². The van der Waals surface area contributed by atoms with Crippen LogP contribution in [0.1, 0.15) is 23.7 Å². The minimum absolute atomic E-state index is 0. The average molecular weight is 549 g/mol. The largest absolute Gasteiger partial charge is 0.491 e. The number of nitrogens with zero attached hydrogens (tertiary/aromatic N) is 3. The van der Waals surface area contributed by atoms with Crippen molar-refractivity contribution in [2.75, 3.05) is 26.9 Å². The van der Waals surface area contributed by atoms with Gasteiger partial charge in [0.2, 0.25) is 0 Å². The van der Waals surface area contributed by atoms with Crippen LogP contribution in [0.5, 0.6) is 5.75 Å². The third-order valence-corrected chi connectivity index (χ3v) is 4.68. The molecule has 1 heterocycles. The normalized spacial score (nSPS) is 11.0. The van der Waals surface area contributed by atoms with Crippen molar-refractivity contribution in [1.29, 1.82) is 0 Å². The van der Waals surface area contributed by atoms with Gasteiger partial charge in [-0.15, -0.1) is 24.0 Å². The molecule has 2 N–H and O–H groups in total. The van der Waals surface area contributed by atoms with E-state index >= 15 is 0 Å². The van der Waals surface area contributed by atoms with E-state index in [4.69, 9.17) is 9.47 Å². The number of ether oxygens (including phenoxy) is 2. The predicted octanol–water partition coefficient (Wildman–Crippen LogP) is 4.08. The number of aliphatic imine (C=N–C) groups is 1. The molecule has 0 saturated carbocycles. The lowest BCUT2D eigenvalue weighted by Crippen LogP contribution is -2.36. The predicted molar refractivity (Wildman–Crippen MR) is 139 cm³/mol. The number of guanidine groups is 1. The summed E-state index contributed by atoms with van der Waals surface area (Å²) in [5.41, 5.74) is 4.19. The fourth-order valence-corrected chi connectivity index (χ4v) is 3.05. The zero-order valence-corrected chi connectivity index (χ0v) is 21.2. The summed E-state index contributed by atoms with van der Waals surface area (Å²) >= 11 is 0. The van der Waals surface area contributed by atoms with E-state index in [0.29, 0.717) is 38.9 Å². The lowest BCUT2D eigenvalue weighted by Gasteiger charge is -2.15. The maximum absolute atomic E-state index is 5.92. The maximum atomic E-state index is 5.92. The lowest BCUT2D eigenvalue weighted by molar-refractivity contribution is 0.110. The number of hydrogen-bond donors (Lipinski definition) is 2. The SMILES string of the molecule is CCOCCOc1cc(C)ccc1CNC(=NC)NCc1ccn(-c2ccccc2)n1.I. The molecule has 0 atom stereocenters. The van der Waals surface area contributed by atoms with Crippen LogP contribution in [0, 0.1) is 6.92 Å². The molecule has 0 aliphatic heterocycles. The van der Waals surface area contributed by atoms with Gasteiger partial charge >= 0.3 is 0 Å². The quantitative estimate of drug-likeness (QED) is 0.173. The highest BCUT2D eigenvalue weighted by molar-refractivity contribution is 14.0. The fourth-order valence-electron chi connectivity index (χ4n) is 3.05. The van der Waals surface area contributed by atoms with Gasteiger partial charge < -0.3 is 20.1 Å². The van der Waals surface area contributed by atoms with Crippen LogP contribution < -0.4 is 15.4 Å². The van der Waals surface area contributed by atoms with E-state index in [1.807, 2.05) is 54.2 Å². The van der Waals surface area contributed by atoms with Gasteiger partial charge in [-0.05, 0) is 43.7 Å². The molecular weight excluding hydrogens is 517 g/mol. The van der Waals surface area contributed by atoms with Crippen LogP contribution in [0.15, 0.2) is 65.8 Å². The molecule has 0 bridgehead atoms. The van der Waals surface area contributed by atoms with Gasteiger partial charge in [0.25, 0.3) is 0 Å². The number of aromatic nitrogens is 2. The van der Waals surface area contributed by atoms with E-state index in [0.717, 1.165) is 28.3 Å². The molecule has 0 fully saturated rings. The van der Waals surface area contributed by atoms with E-state index in [9.17, 15) is 0 Å². The second-order valence-corrected chi connectivity index (χ2v) is 7.02. The first-order valence-corrected chi connectivity index (χ1v) is 10.5. The second-order valence-electron chi connectivity index (χ2n) is 7.02. The van der Waals surface area contributed by atoms with Crippen LogP contribution >= 0.6 is 24.0 Å². The van der Waals surface area contributed by atoms with Gasteiger partial charge in [-0.2, -0.15) is 5.10 Å². The highest BCUT2D eigenvalue weighted by Gasteiger charge is 2.07. The standard InChI is InChI=1S/C24H31N5O2.HI/c1-4-30-14-15-31-23-16-19(2)10-11-20(23)17-26-24(25-3)27-18-21-12-13-29(28-21)22-8-6-5-7-9-22;/h5-13,16H,4,14-15,17-18H2,1-3H3,(H2,25,26,27);1H. The number of nitrogens with one attached hydrogen (secondary N) is 2. The Morgan fingerprint density at radius 2 is 1.81 bits per heavy atom. The van der Waals surface area contributed by atoms with Crippen molar-refractivity contribution in [3.63, 3.8) is 0 Å². The minimum atomic E-state index is 0. The monoisotopic (exact) mass is 549 g/mol. The van der Waals surface area contributed by atoms with Crippen LogP contribution in [-0.4, -0.2) is 42.6 Å². The third-order valence-electron chi connectivity index (χ3n) is 4.68. The Balaban J connectivity index is 0.00000363. The van der Waals surface area contributed by atoms with Gasteiger partial charge in [0.1, 0.15) is 12.4 Å². The van der Waals surface area contributed by atoms with Crippen molar-refractivity contribution in [2.45, 2.75) is 26.9 Å². The lowest BCUT2D eigenvalue weighted by atomic mass is 10.1. The Labute approximate surface area is 207 Å². The van der Waals surface area contributed by atoms with Crippen molar-refractivity contribution in [3.05, 3.63) is 77.6 Å². The summed E-state index contributed by atoms with van der Waals surface area (Å²) in [4.78, 5) is 4.32. The van der Waals surface area contributed by atoms with E-state index in [-0.39, 0.29) is 24.0 Å². The first-order valence-electron chi connectivity index (χ1n) is 10.5. The Morgan fingerprint density at radius 3 is 2.56 bits per heavy atom. The molecule has 3 rings (SSSR count). The van der Waals surface area contributed by atoms with Crippen LogP contribution in [0.3, 0.4) is 0 Å². The van der Waals surface area contributed by atoms with E-state index in [1.54, 1.807) is 7.05 Å². The Hall–Kier alpha value is -2.59. The molecule has 172 valence electrons. The zero-order valence-electron chi connectivity index (χ0n) is 18.9. The first kappa shape index (κ1) is 25.7. The Morgan fingerprint density at radius 1 is 1.03 bits per heavy atom. The first-order chi connectivity index (χ1) is 15.2. The molecule has 32 heavy (non-hydrogen) atoms. The van der Waals surface area contributed by atoms with Crippen molar-refractivity contribution < 1.29 is 9.47 Å². The summed E-state index contributed by atoms with van der Waals surface area (Å²) in [6, 6.07) is 18.3. The second kappa shape index (κ2) is 13.7. The molecule has 0 amide bonds. The van der Waals surface area contributed by atoms with Crippen LogP contribution in [-0.2, 0) is 17.8 Å². The fraction of sp³-hybridized carbons (Fsp3) is 0.333. The van der Waals surface area contributed by atoms with Gasteiger partial charge in [0.15, 0.2) is 5.96 Å². The van der Waals surface area contributed by atoms with E-state index in [1.165, 1.54) is 0 Å². The van der Waals surface area contributed by atoms with Gasteiger partial charge in [-0.25, -0.2) is 4.68 Å². The van der Waals surface area contributed by atoms with Crippen LogP contribution in [0.4, 0.5) is 0 Å². The van der Waals surface area contributed by atoms with Gasteiger partial charge in [0.05, 0.1) is 24.5 Å². The molecule has 0 saturated heterocycles. The summed E-state index contributed by atoms with van der Waals surface area (Å²) < 4.78 is 13.2. The minimum Gasteiger partial charge on any atom is -0.491 e. The number of rotatable bonds is 10. The molecule has 8 heteroatoms. The van der Waals surface area contributed by atoms with Gasteiger partial charge in [0, 0.05) is 32.0 Å². The summed E-state index contributed by atoms with van der Waals surface area (Å²) in [6.07, 6.45) is 1.96. The molecule has 2 aromatic carbocycles. The molecule has 0 aliphatic carbocycles. The van der Waals surface area contributed by atoms with E-state index in [2.05, 4.69) is 45.8 Å². The third kappa shape index (κ3) is 7.83. The van der Waals surface area contributed by atoms with Crippen molar-refractivity contribution in [3.8, 4) is 11.4 Å². The zero-order chi connectivity index (χ0) is 21.9. The van der Waals surface area contributed by atoms with Crippen molar-refractivity contribution >= 4 is 29.9 Å². The molecule has 7 nitrogen and oxygen atoms in total. The summed E-state index contributed by atoms with van der Waals surface area (Å²) in [6.45, 7) is 7.01. The number of benzene rings is 2.